The van der Waals surface area contributed by atoms with Crippen molar-refractivity contribution in [1.29, 1.82) is 0 Å². The summed E-state index contributed by atoms with van der Waals surface area (Å²) in [6.45, 7) is 0.775. The van der Waals surface area contributed by atoms with Gasteiger partial charge in [-0.05, 0) is 24.1 Å². The largest absolute Gasteiger partial charge is 0.384 e. The molecule has 0 aliphatic rings. The predicted molar refractivity (Wildman–Crippen MR) is 49.3 cm³/mol. The van der Waals surface area contributed by atoms with E-state index < -0.39 is 0 Å². The van der Waals surface area contributed by atoms with Crippen molar-refractivity contribution in [2.24, 2.45) is 0 Å². The van der Waals surface area contributed by atoms with E-state index in [2.05, 4.69) is 24.8 Å². The molecule has 0 heterocycles. The van der Waals surface area contributed by atoms with Crippen molar-refractivity contribution in [3.05, 3.63) is 29.8 Å². The number of thiol groups is 1. The summed E-state index contributed by atoms with van der Waals surface area (Å²) in [5.74, 6) is 0. The molecule has 1 aromatic rings. The Bertz CT molecular complexity index is 223. The second kappa shape index (κ2) is 4.42. The Balaban J connectivity index is 2.56. The van der Waals surface area contributed by atoms with E-state index in [-0.39, 0.29) is 0 Å². The third-order valence-electron chi connectivity index (χ3n) is 1.51. The molecule has 2 heteroatoms. The summed E-state index contributed by atoms with van der Waals surface area (Å²) < 4.78 is 4.96. The fourth-order valence-electron chi connectivity index (χ4n) is 0.932. The van der Waals surface area contributed by atoms with Crippen LogP contribution in [0.5, 0.6) is 0 Å². The summed E-state index contributed by atoms with van der Waals surface area (Å²) in [6, 6.07) is 8.12. The Labute approximate surface area is 72.8 Å². The average molecular weight is 168 g/mol. The molecule has 0 aromatic heterocycles. The van der Waals surface area contributed by atoms with E-state index in [9.17, 15) is 0 Å². The summed E-state index contributed by atoms with van der Waals surface area (Å²) in [4.78, 5) is 1.01. The Morgan fingerprint density at radius 3 is 2.91 bits per heavy atom. The summed E-state index contributed by atoms with van der Waals surface area (Å²) in [5.41, 5.74) is 1.28. The van der Waals surface area contributed by atoms with Gasteiger partial charge < -0.3 is 4.74 Å². The molecule has 0 N–H and O–H groups in total. The highest BCUT2D eigenvalue weighted by molar-refractivity contribution is 7.80. The molecule has 0 saturated carbocycles. The number of benzene rings is 1. The zero-order valence-corrected chi connectivity index (χ0v) is 7.47. The Morgan fingerprint density at radius 2 is 2.27 bits per heavy atom. The lowest BCUT2D eigenvalue weighted by Gasteiger charge is -1.99. The standard InChI is InChI=1S/C9H12OS/c1-10-6-5-8-3-2-4-9(11)7-8/h2-4,7,11H,5-6H2,1H3. The van der Waals surface area contributed by atoms with Crippen molar-refractivity contribution < 1.29 is 4.74 Å². The van der Waals surface area contributed by atoms with Crippen molar-refractivity contribution in [2.45, 2.75) is 11.3 Å². The maximum atomic E-state index is 4.96. The molecule has 0 unspecified atom stereocenters. The van der Waals surface area contributed by atoms with Crippen LogP contribution in [0.25, 0.3) is 0 Å². The van der Waals surface area contributed by atoms with E-state index in [1.54, 1.807) is 7.11 Å². The highest BCUT2D eigenvalue weighted by Gasteiger charge is 1.91. The molecular formula is C9H12OS. The fourth-order valence-corrected chi connectivity index (χ4v) is 1.18. The van der Waals surface area contributed by atoms with Gasteiger partial charge in [-0.1, -0.05) is 12.1 Å². The highest BCUT2D eigenvalue weighted by atomic mass is 32.1. The SMILES string of the molecule is COCCc1cccc(S)c1. The molecule has 0 bridgehead atoms. The number of rotatable bonds is 3. The van der Waals surface area contributed by atoms with Crippen molar-refractivity contribution in [3.63, 3.8) is 0 Å². The quantitative estimate of drug-likeness (QED) is 0.680. The normalized spacial score (nSPS) is 10.0. The van der Waals surface area contributed by atoms with Gasteiger partial charge in [0, 0.05) is 12.0 Å². The van der Waals surface area contributed by atoms with Gasteiger partial charge in [0.2, 0.25) is 0 Å². The second-order valence-electron chi connectivity index (χ2n) is 2.41. The molecule has 11 heavy (non-hydrogen) atoms. The van der Waals surface area contributed by atoms with Crippen LogP contribution in [0.1, 0.15) is 5.56 Å². The minimum absolute atomic E-state index is 0.775. The van der Waals surface area contributed by atoms with E-state index in [1.165, 1.54) is 5.56 Å². The van der Waals surface area contributed by atoms with E-state index in [1.807, 2.05) is 12.1 Å². The smallest absolute Gasteiger partial charge is 0.0502 e. The van der Waals surface area contributed by atoms with Crippen LogP contribution < -0.4 is 0 Å². The molecule has 1 aromatic carbocycles. The molecule has 60 valence electrons. The maximum Gasteiger partial charge on any atom is 0.0502 e. The van der Waals surface area contributed by atoms with Gasteiger partial charge >= 0.3 is 0 Å². The first kappa shape index (κ1) is 8.62. The van der Waals surface area contributed by atoms with Crippen LogP contribution in [0.2, 0.25) is 0 Å². The first-order valence-corrected chi connectivity index (χ1v) is 4.04. The molecule has 0 fully saturated rings. The Morgan fingerprint density at radius 1 is 1.45 bits per heavy atom. The molecule has 0 amide bonds. The topological polar surface area (TPSA) is 9.23 Å². The molecule has 1 nitrogen and oxygen atoms in total. The summed E-state index contributed by atoms with van der Waals surface area (Å²) in [7, 11) is 1.71. The van der Waals surface area contributed by atoms with Gasteiger partial charge in [0.15, 0.2) is 0 Å². The van der Waals surface area contributed by atoms with E-state index in [0.29, 0.717) is 0 Å². The fraction of sp³-hybridized carbons (Fsp3) is 0.333. The molecule has 0 saturated heterocycles. The second-order valence-corrected chi connectivity index (χ2v) is 2.93. The van der Waals surface area contributed by atoms with Crippen LogP contribution in [0.4, 0.5) is 0 Å². The van der Waals surface area contributed by atoms with Gasteiger partial charge in [0.1, 0.15) is 0 Å². The van der Waals surface area contributed by atoms with Crippen LogP contribution >= 0.6 is 12.6 Å². The minimum Gasteiger partial charge on any atom is -0.384 e. The summed E-state index contributed by atoms with van der Waals surface area (Å²) in [5, 5.41) is 0. The molecule has 1 rings (SSSR count). The summed E-state index contributed by atoms with van der Waals surface area (Å²) in [6.07, 6.45) is 0.963. The maximum absolute atomic E-state index is 4.96. The summed E-state index contributed by atoms with van der Waals surface area (Å²) >= 11 is 4.24. The van der Waals surface area contributed by atoms with Crippen LogP contribution in [-0.2, 0) is 11.2 Å². The lowest BCUT2D eigenvalue weighted by Crippen LogP contribution is -1.93. The number of methoxy groups -OCH3 is 1. The number of hydrogen-bond donors (Lipinski definition) is 1. The minimum atomic E-state index is 0.775. The van der Waals surface area contributed by atoms with Crippen molar-refractivity contribution >= 4 is 12.6 Å². The van der Waals surface area contributed by atoms with Crippen LogP contribution in [0, 0.1) is 0 Å². The zero-order valence-electron chi connectivity index (χ0n) is 6.58. The molecular weight excluding hydrogens is 156 g/mol. The molecule has 0 radical (unpaired) electrons. The van der Waals surface area contributed by atoms with Crippen molar-refractivity contribution in [2.75, 3.05) is 13.7 Å². The van der Waals surface area contributed by atoms with E-state index in [0.717, 1.165) is 17.9 Å². The number of hydrogen-bond acceptors (Lipinski definition) is 2. The van der Waals surface area contributed by atoms with Gasteiger partial charge in [-0.2, -0.15) is 0 Å². The zero-order chi connectivity index (χ0) is 8.10. The third kappa shape index (κ3) is 2.95. The molecule has 0 spiro atoms. The predicted octanol–water partition coefficient (Wildman–Crippen LogP) is 2.16. The van der Waals surface area contributed by atoms with Crippen LogP contribution in [0.3, 0.4) is 0 Å². The molecule has 0 aliphatic carbocycles. The molecule has 0 atom stereocenters. The van der Waals surface area contributed by atoms with Gasteiger partial charge in [-0.25, -0.2) is 0 Å². The van der Waals surface area contributed by atoms with Gasteiger partial charge in [-0.3, -0.25) is 0 Å². The lowest BCUT2D eigenvalue weighted by atomic mass is 10.2. The molecule has 0 aliphatic heterocycles. The first-order chi connectivity index (χ1) is 5.33. The van der Waals surface area contributed by atoms with Crippen LogP contribution in [0.15, 0.2) is 29.2 Å². The monoisotopic (exact) mass is 168 g/mol. The Hall–Kier alpha value is -0.470. The van der Waals surface area contributed by atoms with Crippen molar-refractivity contribution in [3.8, 4) is 0 Å². The Kier molecular flexibility index (Phi) is 3.46. The van der Waals surface area contributed by atoms with Gasteiger partial charge in [0.05, 0.1) is 6.61 Å². The lowest BCUT2D eigenvalue weighted by molar-refractivity contribution is 0.202. The first-order valence-electron chi connectivity index (χ1n) is 3.60. The van der Waals surface area contributed by atoms with Gasteiger partial charge in [0.25, 0.3) is 0 Å². The number of ether oxygens (including phenoxy) is 1. The van der Waals surface area contributed by atoms with E-state index in [4.69, 9.17) is 4.74 Å². The highest BCUT2D eigenvalue weighted by Crippen LogP contribution is 2.08. The van der Waals surface area contributed by atoms with Gasteiger partial charge in [-0.15, -0.1) is 12.6 Å². The van der Waals surface area contributed by atoms with E-state index >= 15 is 0 Å². The third-order valence-corrected chi connectivity index (χ3v) is 1.78. The average Bonchev–Trinajstić information content (AvgIpc) is 2.01. The van der Waals surface area contributed by atoms with Crippen molar-refractivity contribution in [1.82, 2.24) is 0 Å². The van der Waals surface area contributed by atoms with Crippen LogP contribution in [-0.4, -0.2) is 13.7 Å².